The molecule has 1 aromatic heterocycles. The molecule has 0 spiro atoms. The smallest absolute Gasteiger partial charge is 0.422 e. The van der Waals surface area contributed by atoms with Crippen molar-refractivity contribution < 1.29 is 22.3 Å². The Bertz CT molecular complexity index is 354. The number of hydrogen-bond acceptors (Lipinski definition) is 3. The zero-order chi connectivity index (χ0) is 12.2. The fourth-order valence-electron chi connectivity index (χ4n) is 1.07. The van der Waals surface area contributed by atoms with Crippen molar-refractivity contribution >= 4 is 0 Å². The molecule has 0 aliphatic carbocycles. The topological polar surface area (TPSA) is 34.2 Å². The van der Waals surface area contributed by atoms with Gasteiger partial charge >= 0.3 is 6.18 Å². The van der Waals surface area contributed by atoms with Crippen LogP contribution >= 0.6 is 0 Å². The van der Waals surface area contributed by atoms with Gasteiger partial charge in [-0.05, 0) is 13.1 Å². The Hall–Kier alpha value is -1.37. The minimum atomic E-state index is -4.44. The first-order valence-electron chi connectivity index (χ1n) is 4.41. The van der Waals surface area contributed by atoms with Crippen molar-refractivity contribution in [2.24, 2.45) is 0 Å². The van der Waals surface area contributed by atoms with E-state index in [1.165, 1.54) is 0 Å². The molecule has 0 amide bonds. The Morgan fingerprint density at radius 3 is 2.69 bits per heavy atom. The summed E-state index contributed by atoms with van der Waals surface area (Å²) in [4.78, 5) is 3.46. The van der Waals surface area contributed by atoms with Crippen LogP contribution in [0.2, 0.25) is 0 Å². The lowest BCUT2D eigenvalue weighted by molar-refractivity contribution is -0.154. The summed E-state index contributed by atoms with van der Waals surface area (Å²) in [7, 11) is 1.58. The van der Waals surface area contributed by atoms with E-state index < -0.39 is 18.6 Å². The maximum Gasteiger partial charge on any atom is 0.422 e. The summed E-state index contributed by atoms with van der Waals surface area (Å²) in [5.74, 6) is -0.835. The van der Waals surface area contributed by atoms with Gasteiger partial charge < -0.3 is 10.1 Å². The first kappa shape index (κ1) is 12.7. The molecule has 1 heterocycles. The number of nitrogens with zero attached hydrogens (tertiary/aromatic N) is 1. The van der Waals surface area contributed by atoms with Crippen LogP contribution in [0.25, 0.3) is 0 Å². The fraction of sp³-hybridized carbons (Fsp3) is 0.444. The van der Waals surface area contributed by atoms with E-state index in [9.17, 15) is 17.6 Å². The number of nitrogens with one attached hydrogen (secondary N) is 1. The Morgan fingerprint density at radius 2 is 2.12 bits per heavy atom. The highest BCUT2D eigenvalue weighted by atomic mass is 19.4. The molecule has 0 aromatic carbocycles. The van der Waals surface area contributed by atoms with Crippen LogP contribution in [0.5, 0.6) is 5.88 Å². The van der Waals surface area contributed by atoms with Gasteiger partial charge in [0.2, 0.25) is 5.88 Å². The summed E-state index contributed by atoms with van der Waals surface area (Å²) in [5.41, 5.74) is 0.242. The van der Waals surface area contributed by atoms with E-state index in [0.29, 0.717) is 0 Å². The van der Waals surface area contributed by atoms with Crippen LogP contribution in [0, 0.1) is 5.82 Å². The van der Waals surface area contributed by atoms with Gasteiger partial charge in [0.1, 0.15) is 5.82 Å². The average molecular weight is 238 g/mol. The predicted octanol–water partition coefficient (Wildman–Crippen LogP) is 1.88. The monoisotopic (exact) mass is 238 g/mol. The maximum atomic E-state index is 12.8. The minimum Gasteiger partial charge on any atom is -0.468 e. The molecule has 0 radical (unpaired) electrons. The Morgan fingerprint density at radius 1 is 1.44 bits per heavy atom. The largest absolute Gasteiger partial charge is 0.468 e. The van der Waals surface area contributed by atoms with E-state index in [1.54, 1.807) is 7.05 Å². The molecule has 0 atom stereocenters. The van der Waals surface area contributed by atoms with Crippen LogP contribution < -0.4 is 10.1 Å². The number of halogens is 4. The molecule has 0 fully saturated rings. The number of hydrogen-bond donors (Lipinski definition) is 1. The third-order valence-corrected chi connectivity index (χ3v) is 1.63. The molecular formula is C9H10F4N2O. The van der Waals surface area contributed by atoms with Gasteiger partial charge in [-0.3, -0.25) is 0 Å². The number of pyridine rings is 1. The van der Waals surface area contributed by atoms with Crippen LogP contribution in [0.3, 0.4) is 0 Å². The summed E-state index contributed by atoms with van der Waals surface area (Å²) in [6.07, 6.45) is -3.63. The zero-order valence-electron chi connectivity index (χ0n) is 8.44. The van der Waals surface area contributed by atoms with Gasteiger partial charge in [0, 0.05) is 12.1 Å². The molecule has 0 saturated heterocycles. The average Bonchev–Trinajstić information content (AvgIpc) is 2.15. The third kappa shape index (κ3) is 4.01. The molecule has 1 aromatic rings. The van der Waals surface area contributed by atoms with Crippen molar-refractivity contribution in [3.63, 3.8) is 0 Å². The number of rotatable bonds is 4. The van der Waals surface area contributed by atoms with Crippen molar-refractivity contribution in [2.75, 3.05) is 13.7 Å². The molecule has 0 saturated carbocycles. The van der Waals surface area contributed by atoms with Gasteiger partial charge in [0.15, 0.2) is 6.61 Å². The number of alkyl halides is 3. The molecule has 0 aliphatic rings. The maximum absolute atomic E-state index is 12.8. The van der Waals surface area contributed by atoms with E-state index >= 15 is 0 Å². The first-order chi connectivity index (χ1) is 7.42. The van der Waals surface area contributed by atoms with E-state index in [0.717, 1.165) is 12.3 Å². The molecule has 90 valence electrons. The second-order valence-electron chi connectivity index (χ2n) is 3.05. The van der Waals surface area contributed by atoms with Crippen LogP contribution in [-0.4, -0.2) is 24.8 Å². The second kappa shape index (κ2) is 5.11. The predicted molar refractivity (Wildman–Crippen MR) is 48.5 cm³/mol. The van der Waals surface area contributed by atoms with E-state index in [-0.39, 0.29) is 18.0 Å². The lowest BCUT2D eigenvalue weighted by Crippen LogP contribution is -2.21. The lowest BCUT2D eigenvalue weighted by atomic mass is 10.2. The molecule has 7 heteroatoms. The highest BCUT2D eigenvalue weighted by molar-refractivity contribution is 5.26. The minimum absolute atomic E-state index is 0.179. The van der Waals surface area contributed by atoms with Gasteiger partial charge in [-0.1, -0.05) is 0 Å². The van der Waals surface area contributed by atoms with E-state index in [1.807, 2.05) is 0 Å². The van der Waals surface area contributed by atoms with Gasteiger partial charge in [-0.25, -0.2) is 9.37 Å². The van der Waals surface area contributed by atoms with Gasteiger partial charge in [-0.15, -0.1) is 0 Å². The standard InChI is InChI=1S/C9H10F4N2O/c1-14-3-6-2-7(10)4-15-8(6)16-5-9(11,12)13/h2,4,14H,3,5H2,1H3. The SMILES string of the molecule is CNCc1cc(F)cnc1OCC(F)(F)F. The van der Waals surface area contributed by atoms with Crippen molar-refractivity contribution in [3.05, 3.63) is 23.6 Å². The van der Waals surface area contributed by atoms with Crippen LogP contribution in [0.4, 0.5) is 17.6 Å². The van der Waals surface area contributed by atoms with Gasteiger partial charge in [0.25, 0.3) is 0 Å². The Balaban J connectivity index is 2.78. The molecule has 1 rings (SSSR count). The summed E-state index contributed by atoms with van der Waals surface area (Å²) >= 11 is 0. The lowest BCUT2D eigenvalue weighted by Gasteiger charge is -2.11. The number of aromatic nitrogens is 1. The highest BCUT2D eigenvalue weighted by Crippen LogP contribution is 2.20. The molecule has 0 bridgehead atoms. The molecule has 0 aliphatic heterocycles. The quantitative estimate of drug-likeness (QED) is 0.813. The zero-order valence-corrected chi connectivity index (χ0v) is 8.44. The van der Waals surface area contributed by atoms with Crippen LogP contribution in [0.15, 0.2) is 12.3 Å². The molecule has 1 N–H and O–H groups in total. The first-order valence-corrected chi connectivity index (χ1v) is 4.41. The second-order valence-corrected chi connectivity index (χ2v) is 3.05. The van der Waals surface area contributed by atoms with Crippen molar-refractivity contribution in [2.45, 2.75) is 12.7 Å². The number of ether oxygens (including phenoxy) is 1. The molecule has 16 heavy (non-hydrogen) atoms. The van der Waals surface area contributed by atoms with Gasteiger partial charge in [0.05, 0.1) is 6.20 Å². The molecule has 3 nitrogen and oxygen atoms in total. The molecule has 0 unspecified atom stereocenters. The highest BCUT2D eigenvalue weighted by Gasteiger charge is 2.29. The Labute approximate surface area is 89.4 Å². The van der Waals surface area contributed by atoms with Gasteiger partial charge in [-0.2, -0.15) is 13.2 Å². The summed E-state index contributed by atoms with van der Waals surface area (Å²) in [6.45, 7) is -1.26. The summed E-state index contributed by atoms with van der Waals surface area (Å²) in [5, 5.41) is 2.68. The molecular weight excluding hydrogens is 228 g/mol. The third-order valence-electron chi connectivity index (χ3n) is 1.63. The summed E-state index contributed by atoms with van der Waals surface area (Å²) < 4.78 is 52.9. The van der Waals surface area contributed by atoms with Crippen molar-refractivity contribution in [3.8, 4) is 5.88 Å². The summed E-state index contributed by atoms with van der Waals surface area (Å²) in [6, 6.07) is 1.08. The van der Waals surface area contributed by atoms with Crippen molar-refractivity contribution in [1.29, 1.82) is 0 Å². The van der Waals surface area contributed by atoms with E-state index in [2.05, 4.69) is 15.0 Å². The van der Waals surface area contributed by atoms with E-state index in [4.69, 9.17) is 0 Å². The van der Waals surface area contributed by atoms with Crippen LogP contribution in [-0.2, 0) is 6.54 Å². The van der Waals surface area contributed by atoms with Crippen molar-refractivity contribution in [1.82, 2.24) is 10.3 Å². The fourth-order valence-corrected chi connectivity index (χ4v) is 1.07. The Kier molecular flexibility index (Phi) is 4.05. The van der Waals surface area contributed by atoms with Crippen LogP contribution in [0.1, 0.15) is 5.56 Å². The normalized spacial score (nSPS) is 11.6.